The second-order valence-corrected chi connectivity index (χ2v) is 7.56. The third-order valence-corrected chi connectivity index (χ3v) is 5.29. The van der Waals surface area contributed by atoms with E-state index in [0.29, 0.717) is 11.1 Å². The summed E-state index contributed by atoms with van der Waals surface area (Å²) in [6.45, 7) is -0.238. The maximum atomic E-state index is 12.6. The highest BCUT2D eigenvalue weighted by Crippen LogP contribution is 2.19. The first kappa shape index (κ1) is 17.8. The molecule has 0 fully saturated rings. The van der Waals surface area contributed by atoms with Crippen molar-refractivity contribution >= 4 is 20.6 Å². The number of hydrogen-bond acceptors (Lipinski definition) is 3. The molecule has 3 aromatic rings. The standard InChI is InChI=1S/C22H16O3S/c23-15-5-11-18-7-1-2-8-19(18)12-6-16-26(24,25)22-14-13-20-9-3-4-10-21(20)17-22/h1-4,7-10,13-14,17,23H,15-16H2. The number of aliphatic hydroxyl groups is 1. The number of sulfone groups is 1. The zero-order valence-corrected chi connectivity index (χ0v) is 14.8. The summed E-state index contributed by atoms with van der Waals surface area (Å²) >= 11 is 0. The second-order valence-electron chi connectivity index (χ2n) is 5.58. The average Bonchev–Trinajstić information content (AvgIpc) is 2.66. The SMILES string of the molecule is O=S(=O)(CC#Cc1ccccc1C#CCO)c1ccc2ccccc2c1. The topological polar surface area (TPSA) is 54.4 Å². The third-order valence-electron chi connectivity index (χ3n) is 3.79. The summed E-state index contributed by atoms with van der Waals surface area (Å²) < 4.78 is 25.1. The van der Waals surface area contributed by atoms with E-state index in [0.717, 1.165) is 10.8 Å². The zero-order chi connectivity index (χ0) is 18.4. The Balaban J connectivity index is 1.86. The molecule has 0 saturated heterocycles. The minimum absolute atomic E-state index is 0.238. The highest BCUT2D eigenvalue weighted by Gasteiger charge is 2.13. The van der Waals surface area contributed by atoms with Crippen molar-refractivity contribution in [1.82, 2.24) is 0 Å². The summed E-state index contributed by atoms with van der Waals surface area (Å²) in [5.74, 6) is 10.7. The first-order chi connectivity index (χ1) is 12.6. The Bertz CT molecular complexity index is 1170. The van der Waals surface area contributed by atoms with Crippen molar-refractivity contribution in [3.05, 3.63) is 77.9 Å². The van der Waals surface area contributed by atoms with Crippen LogP contribution < -0.4 is 0 Å². The fourth-order valence-corrected chi connectivity index (χ4v) is 3.52. The quantitative estimate of drug-likeness (QED) is 0.715. The van der Waals surface area contributed by atoms with Crippen LogP contribution in [0.5, 0.6) is 0 Å². The Morgan fingerprint density at radius 3 is 2.08 bits per heavy atom. The van der Waals surface area contributed by atoms with Gasteiger partial charge < -0.3 is 5.11 Å². The highest BCUT2D eigenvalue weighted by atomic mass is 32.2. The van der Waals surface area contributed by atoms with Gasteiger partial charge in [0.05, 0.1) is 4.90 Å². The molecule has 0 radical (unpaired) electrons. The zero-order valence-electron chi connectivity index (χ0n) is 13.9. The number of benzene rings is 3. The molecule has 0 bridgehead atoms. The summed E-state index contributed by atoms with van der Waals surface area (Å²) in [6, 6.07) is 19.9. The molecule has 0 spiro atoms. The predicted molar refractivity (Wildman–Crippen MR) is 103 cm³/mol. The smallest absolute Gasteiger partial charge is 0.189 e. The van der Waals surface area contributed by atoms with E-state index < -0.39 is 9.84 Å². The van der Waals surface area contributed by atoms with Crippen LogP contribution in [0.1, 0.15) is 11.1 Å². The van der Waals surface area contributed by atoms with Crippen LogP contribution >= 0.6 is 0 Å². The molecule has 26 heavy (non-hydrogen) atoms. The summed E-state index contributed by atoms with van der Waals surface area (Å²) in [5, 5.41) is 10.7. The third kappa shape index (κ3) is 4.13. The second kappa shape index (κ2) is 7.89. The number of aliphatic hydroxyl groups excluding tert-OH is 1. The number of hydrogen-bond donors (Lipinski definition) is 1. The van der Waals surface area contributed by atoms with Crippen LogP contribution in [0.25, 0.3) is 10.8 Å². The molecule has 0 aliphatic rings. The molecule has 0 aliphatic heterocycles. The highest BCUT2D eigenvalue weighted by molar-refractivity contribution is 7.91. The summed E-state index contributed by atoms with van der Waals surface area (Å²) in [7, 11) is -3.50. The Kier molecular flexibility index (Phi) is 5.39. The monoisotopic (exact) mass is 360 g/mol. The Labute approximate surface area is 153 Å². The molecule has 0 aliphatic carbocycles. The normalized spacial score (nSPS) is 10.5. The molecule has 3 aromatic carbocycles. The van der Waals surface area contributed by atoms with Gasteiger partial charge in [-0.1, -0.05) is 66.1 Å². The summed E-state index contributed by atoms with van der Waals surface area (Å²) in [5.41, 5.74) is 1.30. The lowest BCUT2D eigenvalue weighted by atomic mass is 10.1. The van der Waals surface area contributed by atoms with Gasteiger partial charge in [0.1, 0.15) is 12.4 Å². The van der Waals surface area contributed by atoms with Crippen molar-refractivity contribution in [2.24, 2.45) is 0 Å². The Morgan fingerprint density at radius 2 is 1.38 bits per heavy atom. The van der Waals surface area contributed by atoms with Gasteiger partial charge >= 0.3 is 0 Å². The van der Waals surface area contributed by atoms with Crippen LogP contribution in [0.3, 0.4) is 0 Å². The minimum atomic E-state index is -3.50. The molecule has 0 aromatic heterocycles. The first-order valence-electron chi connectivity index (χ1n) is 7.99. The molecule has 3 rings (SSSR count). The molecule has 3 nitrogen and oxygen atoms in total. The molecule has 128 valence electrons. The van der Waals surface area contributed by atoms with E-state index in [1.54, 1.807) is 30.3 Å². The van der Waals surface area contributed by atoms with E-state index in [4.69, 9.17) is 5.11 Å². The molecule has 0 saturated carbocycles. The molecule has 0 amide bonds. The molecule has 0 unspecified atom stereocenters. The average molecular weight is 360 g/mol. The maximum Gasteiger partial charge on any atom is 0.189 e. The van der Waals surface area contributed by atoms with Gasteiger partial charge in [-0.15, -0.1) is 0 Å². The lowest BCUT2D eigenvalue weighted by molar-refractivity contribution is 0.350. The molecular weight excluding hydrogens is 344 g/mol. The van der Waals surface area contributed by atoms with Crippen LogP contribution in [-0.4, -0.2) is 25.9 Å². The minimum Gasteiger partial charge on any atom is -0.384 e. The van der Waals surface area contributed by atoms with Gasteiger partial charge in [-0.05, 0) is 35.0 Å². The van der Waals surface area contributed by atoms with Gasteiger partial charge in [-0.25, -0.2) is 8.42 Å². The Morgan fingerprint density at radius 1 is 0.769 bits per heavy atom. The maximum absolute atomic E-state index is 12.6. The molecule has 1 N–H and O–H groups in total. The van der Waals surface area contributed by atoms with E-state index in [2.05, 4.69) is 23.7 Å². The number of rotatable bonds is 2. The van der Waals surface area contributed by atoms with E-state index in [1.807, 2.05) is 36.4 Å². The van der Waals surface area contributed by atoms with E-state index >= 15 is 0 Å². The molecule has 0 heterocycles. The van der Waals surface area contributed by atoms with E-state index in [9.17, 15) is 8.42 Å². The van der Waals surface area contributed by atoms with Crippen molar-refractivity contribution in [2.75, 3.05) is 12.4 Å². The van der Waals surface area contributed by atoms with Crippen LogP contribution in [0.2, 0.25) is 0 Å². The lowest BCUT2D eigenvalue weighted by Crippen LogP contribution is -2.05. The van der Waals surface area contributed by atoms with Gasteiger partial charge in [0.25, 0.3) is 0 Å². The van der Waals surface area contributed by atoms with Crippen molar-refractivity contribution in [3.8, 4) is 23.7 Å². The van der Waals surface area contributed by atoms with Crippen LogP contribution in [0, 0.1) is 23.7 Å². The van der Waals surface area contributed by atoms with Gasteiger partial charge in [0.2, 0.25) is 0 Å². The lowest BCUT2D eigenvalue weighted by Gasteiger charge is -2.03. The van der Waals surface area contributed by atoms with Crippen molar-refractivity contribution < 1.29 is 13.5 Å². The van der Waals surface area contributed by atoms with Gasteiger partial charge in [-0.2, -0.15) is 0 Å². The van der Waals surface area contributed by atoms with Gasteiger partial charge in [-0.3, -0.25) is 0 Å². The predicted octanol–water partition coefficient (Wildman–Crippen LogP) is 3.01. The fraction of sp³-hybridized carbons (Fsp3) is 0.0909. The van der Waals surface area contributed by atoms with Crippen LogP contribution in [-0.2, 0) is 9.84 Å². The van der Waals surface area contributed by atoms with Crippen molar-refractivity contribution in [1.29, 1.82) is 0 Å². The van der Waals surface area contributed by atoms with Gasteiger partial charge in [0, 0.05) is 11.1 Å². The first-order valence-corrected chi connectivity index (χ1v) is 9.64. The summed E-state index contributed by atoms with van der Waals surface area (Å²) in [6.07, 6.45) is 0. The summed E-state index contributed by atoms with van der Waals surface area (Å²) in [4.78, 5) is 0.263. The van der Waals surface area contributed by atoms with Crippen LogP contribution in [0.15, 0.2) is 71.6 Å². The van der Waals surface area contributed by atoms with E-state index in [1.165, 1.54) is 0 Å². The molecule has 4 heteroatoms. The van der Waals surface area contributed by atoms with Crippen molar-refractivity contribution in [3.63, 3.8) is 0 Å². The van der Waals surface area contributed by atoms with E-state index in [-0.39, 0.29) is 17.3 Å². The largest absolute Gasteiger partial charge is 0.384 e. The number of fused-ring (bicyclic) bond motifs is 1. The van der Waals surface area contributed by atoms with Crippen LogP contribution in [0.4, 0.5) is 0 Å². The van der Waals surface area contributed by atoms with Crippen molar-refractivity contribution in [2.45, 2.75) is 4.90 Å². The Hall–Kier alpha value is -3.05. The fourth-order valence-electron chi connectivity index (χ4n) is 2.51. The van der Waals surface area contributed by atoms with Gasteiger partial charge in [0.15, 0.2) is 9.84 Å². The molecule has 0 atom stereocenters. The molecular formula is C22H16O3S.